The number of hydrogen-bond donors (Lipinski definition) is 1. The molecule has 4 rings (SSSR count). The first-order chi connectivity index (χ1) is 16.9. The first kappa shape index (κ1) is 24.9. The van der Waals surface area contributed by atoms with E-state index in [0.717, 1.165) is 17.0 Å². The van der Waals surface area contributed by atoms with E-state index in [-0.39, 0.29) is 23.8 Å². The highest BCUT2D eigenvalue weighted by atomic mass is 32.2. The topological polar surface area (TPSA) is 130 Å². The monoisotopic (exact) mass is 522 g/mol. The molecule has 1 saturated heterocycles. The van der Waals surface area contributed by atoms with Crippen molar-refractivity contribution in [1.29, 1.82) is 0 Å². The Balaban J connectivity index is 1.52. The second-order valence-electron chi connectivity index (χ2n) is 7.68. The normalized spacial score (nSPS) is 16.5. The van der Waals surface area contributed by atoms with Gasteiger partial charge in [-0.25, -0.2) is 23.1 Å². The van der Waals surface area contributed by atoms with E-state index in [1.165, 1.54) is 36.4 Å². The van der Waals surface area contributed by atoms with Crippen LogP contribution in [0, 0.1) is 0 Å². The maximum absolute atomic E-state index is 13.0. The summed E-state index contributed by atoms with van der Waals surface area (Å²) in [5, 5.41) is 2.55. The summed E-state index contributed by atoms with van der Waals surface area (Å²) < 4.78 is 66.5. The molecule has 1 aliphatic rings. The van der Waals surface area contributed by atoms with Gasteiger partial charge in [-0.15, -0.1) is 0 Å². The van der Waals surface area contributed by atoms with Crippen molar-refractivity contribution in [2.24, 2.45) is 0 Å². The van der Waals surface area contributed by atoms with Crippen LogP contribution < -0.4 is 10.2 Å². The van der Waals surface area contributed by atoms with E-state index in [1.807, 2.05) is 0 Å². The van der Waals surface area contributed by atoms with Crippen LogP contribution in [0.3, 0.4) is 0 Å². The molecule has 0 radical (unpaired) electrons. The van der Waals surface area contributed by atoms with Gasteiger partial charge in [0.2, 0.25) is 0 Å². The Labute approximate surface area is 202 Å². The number of pyridine rings is 1. The molecule has 10 nitrogen and oxygen atoms in total. The van der Waals surface area contributed by atoms with Crippen LogP contribution in [0.15, 0.2) is 70.3 Å². The fourth-order valence-electron chi connectivity index (χ4n) is 3.48. The number of carbonyl (C=O) groups is 3. The van der Waals surface area contributed by atoms with Crippen molar-refractivity contribution < 1.29 is 40.4 Å². The lowest BCUT2D eigenvalue weighted by atomic mass is 10.2. The Bertz CT molecular complexity index is 1420. The fourth-order valence-corrected chi connectivity index (χ4v) is 4.24. The molecule has 1 aliphatic heterocycles. The predicted octanol–water partition coefficient (Wildman–Crippen LogP) is 3.58. The molecule has 3 aromatic rings. The Kier molecular flexibility index (Phi) is 6.30. The lowest BCUT2D eigenvalue weighted by Crippen LogP contribution is -2.33. The van der Waals surface area contributed by atoms with Crippen molar-refractivity contribution >= 4 is 39.2 Å². The number of furan rings is 1. The van der Waals surface area contributed by atoms with Gasteiger partial charge in [0.25, 0.3) is 21.7 Å². The molecule has 36 heavy (non-hydrogen) atoms. The van der Waals surface area contributed by atoms with Gasteiger partial charge in [0.05, 0.1) is 16.8 Å². The zero-order chi connectivity index (χ0) is 26.3. The van der Waals surface area contributed by atoms with Crippen LogP contribution in [0.5, 0.6) is 0 Å². The van der Waals surface area contributed by atoms with Gasteiger partial charge >= 0.3 is 11.5 Å². The standard InChI is InChI=1S/C22H17F3N4O6S/c1-13-20(31)29(15-4-6-16(7-5-15)36(33,34)22(23,24)25)21(32)28(13)12-14-8-9-26-18(11-14)27-19(30)17-3-2-10-35-17/h2-11,13H,12H2,1H3,(H,26,27,30). The van der Waals surface area contributed by atoms with Gasteiger partial charge in [-0.2, -0.15) is 13.2 Å². The van der Waals surface area contributed by atoms with Gasteiger partial charge in [0, 0.05) is 12.7 Å². The van der Waals surface area contributed by atoms with Gasteiger partial charge in [0.15, 0.2) is 5.76 Å². The third-order valence-electron chi connectivity index (χ3n) is 5.36. The average Bonchev–Trinajstić information content (AvgIpc) is 3.43. The number of nitrogens with zero attached hydrogens (tertiary/aromatic N) is 3. The van der Waals surface area contributed by atoms with Crippen LogP contribution in [-0.4, -0.2) is 47.7 Å². The van der Waals surface area contributed by atoms with E-state index in [2.05, 4.69) is 10.3 Å². The van der Waals surface area contributed by atoms with Crippen molar-refractivity contribution in [1.82, 2.24) is 9.88 Å². The second kappa shape index (κ2) is 9.11. The summed E-state index contributed by atoms with van der Waals surface area (Å²) in [6, 6.07) is 7.70. The third-order valence-corrected chi connectivity index (χ3v) is 6.86. The maximum atomic E-state index is 13.0. The Morgan fingerprint density at radius 3 is 2.44 bits per heavy atom. The Morgan fingerprint density at radius 2 is 1.83 bits per heavy atom. The molecule has 0 bridgehead atoms. The van der Waals surface area contributed by atoms with Crippen LogP contribution in [0.1, 0.15) is 23.0 Å². The van der Waals surface area contributed by atoms with Crippen LogP contribution in [0.25, 0.3) is 0 Å². The summed E-state index contributed by atoms with van der Waals surface area (Å²) >= 11 is 0. The summed E-state index contributed by atoms with van der Waals surface area (Å²) in [5.74, 6) is -0.932. The highest BCUT2D eigenvalue weighted by molar-refractivity contribution is 7.92. The molecule has 0 aliphatic carbocycles. The number of aromatic nitrogens is 1. The number of carbonyl (C=O) groups excluding carboxylic acids is 3. The highest BCUT2D eigenvalue weighted by Crippen LogP contribution is 2.33. The third kappa shape index (κ3) is 4.54. The maximum Gasteiger partial charge on any atom is 0.501 e. The molecule has 1 atom stereocenters. The van der Waals surface area contributed by atoms with Crippen molar-refractivity contribution in [2.75, 3.05) is 10.2 Å². The zero-order valence-electron chi connectivity index (χ0n) is 18.4. The van der Waals surface area contributed by atoms with Crippen molar-refractivity contribution in [3.8, 4) is 0 Å². The van der Waals surface area contributed by atoms with Gasteiger partial charge in [-0.1, -0.05) is 0 Å². The number of halogens is 3. The van der Waals surface area contributed by atoms with Crippen molar-refractivity contribution in [3.63, 3.8) is 0 Å². The molecule has 3 heterocycles. The number of sulfone groups is 1. The summed E-state index contributed by atoms with van der Waals surface area (Å²) in [6.07, 6.45) is 2.74. The summed E-state index contributed by atoms with van der Waals surface area (Å²) in [7, 11) is -5.57. The molecule has 4 amide bonds. The summed E-state index contributed by atoms with van der Waals surface area (Å²) in [6.45, 7) is 1.43. The minimum absolute atomic E-state index is 0.0467. The molecule has 2 aromatic heterocycles. The number of imide groups is 1. The van der Waals surface area contributed by atoms with Crippen LogP contribution in [0.4, 0.5) is 29.5 Å². The molecular formula is C22H17F3N4O6S. The number of benzene rings is 1. The molecule has 0 spiro atoms. The van der Waals surface area contributed by atoms with E-state index < -0.39 is 44.1 Å². The minimum Gasteiger partial charge on any atom is -0.459 e. The first-order valence-electron chi connectivity index (χ1n) is 10.3. The summed E-state index contributed by atoms with van der Waals surface area (Å²) in [4.78, 5) is 43.0. The smallest absolute Gasteiger partial charge is 0.459 e. The van der Waals surface area contributed by atoms with Crippen LogP contribution in [-0.2, 0) is 21.2 Å². The Morgan fingerprint density at radius 1 is 1.14 bits per heavy atom. The molecular weight excluding hydrogens is 505 g/mol. The SMILES string of the molecule is CC1C(=O)N(c2ccc(S(=O)(=O)C(F)(F)F)cc2)C(=O)N1Cc1ccnc(NC(=O)c2ccco2)c1. The number of nitrogens with one attached hydrogen (secondary N) is 1. The van der Waals surface area contributed by atoms with Gasteiger partial charge in [-0.05, 0) is 61.0 Å². The second-order valence-corrected chi connectivity index (χ2v) is 9.63. The zero-order valence-corrected chi connectivity index (χ0v) is 19.2. The van der Waals surface area contributed by atoms with Crippen LogP contribution >= 0.6 is 0 Å². The number of urea groups is 1. The van der Waals surface area contributed by atoms with E-state index in [4.69, 9.17) is 4.42 Å². The molecule has 1 aromatic carbocycles. The van der Waals surface area contributed by atoms with E-state index in [1.54, 1.807) is 12.1 Å². The quantitative estimate of drug-likeness (QED) is 0.490. The lowest BCUT2D eigenvalue weighted by Gasteiger charge is -2.20. The molecule has 1 unspecified atom stereocenters. The number of anilines is 2. The molecule has 1 N–H and O–H groups in total. The summed E-state index contributed by atoms with van der Waals surface area (Å²) in [5.41, 5.74) is -5.04. The van der Waals surface area contributed by atoms with Crippen molar-refractivity contribution in [3.05, 3.63) is 72.3 Å². The van der Waals surface area contributed by atoms with E-state index in [0.29, 0.717) is 17.7 Å². The predicted molar refractivity (Wildman–Crippen MR) is 118 cm³/mol. The number of alkyl halides is 3. The van der Waals surface area contributed by atoms with Gasteiger partial charge < -0.3 is 14.6 Å². The average molecular weight is 522 g/mol. The molecule has 188 valence electrons. The largest absolute Gasteiger partial charge is 0.501 e. The van der Waals surface area contributed by atoms with Crippen molar-refractivity contribution in [2.45, 2.75) is 29.9 Å². The number of rotatable bonds is 6. The van der Waals surface area contributed by atoms with Gasteiger partial charge in [-0.3, -0.25) is 9.59 Å². The minimum atomic E-state index is -5.57. The molecule has 1 fully saturated rings. The fraction of sp³-hybridized carbons (Fsp3) is 0.182. The Hall–Kier alpha value is -4.20. The van der Waals surface area contributed by atoms with Crippen LogP contribution in [0.2, 0.25) is 0 Å². The van der Waals surface area contributed by atoms with E-state index in [9.17, 15) is 36.0 Å². The number of amides is 4. The first-order valence-corrected chi connectivity index (χ1v) is 11.7. The van der Waals surface area contributed by atoms with Gasteiger partial charge in [0.1, 0.15) is 11.9 Å². The lowest BCUT2D eigenvalue weighted by molar-refractivity contribution is -0.119. The number of hydrogen-bond acceptors (Lipinski definition) is 7. The molecule has 14 heteroatoms. The highest BCUT2D eigenvalue weighted by Gasteiger charge is 2.47. The van der Waals surface area contributed by atoms with E-state index >= 15 is 0 Å². The molecule has 0 saturated carbocycles.